The number of amides is 2. The van der Waals surface area contributed by atoms with E-state index in [1.54, 1.807) is 6.20 Å². The molecule has 37 heavy (non-hydrogen) atoms. The normalized spacial score (nSPS) is 15.6. The Kier molecular flexibility index (Phi) is 6.08. The Morgan fingerprint density at radius 2 is 1.68 bits per heavy atom. The van der Waals surface area contributed by atoms with Crippen molar-refractivity contribution in [3.8, 4) is 0 Å². The summed E-state index contributed by atoms with van der Waals surface area (Å²) in [6.07, 6.45) is 2.44. The molecule has 2 aromatic heterocycles. The molecular formula is C29H30N6O2. The summed E-state index contributed by atoms with van der Waals surface area (Å²) >= 11 is 0. The molecule has 2 aromatic carbocycles. The van der Waals surface area contributed by atoms with Crippen LogP contribution in [0.5, 0.6) is 0 Å². The van der Waals surface area contributed by atoms with Gasteiger partial charge in [-0.2, -0.15) is 5.10 Å². The molecule has 0 aliphatic carbocycles. The van der Waals surface area contributed by atoms with Crippen LogP contribution in [0.2, 0.25) is 0 Å². The summed E-state index contributed by atoms with van der Waals surface area (Å²) in [5.41, 5.74) is 5.13. The molecule has 188 valence electrons. The number of rotatable bonds is 4. The van der Waals surface area contributed by atoms with Crippen molar-refractivity contribution in [2.24, 2.45) is 0 Å². The van der Waals surface area contributed by atoms with Crippen LogP contribution in [0.3, 0.4) is 0 Å². The van der Waals surface area contributed by atoms with Crippen LogP contribution in [0.25, 0.3) is 10.9 Å². The molecule has 2 aliphatic heterocycles. The van der Waals surface area contributed by atoms with E-state index in [9.17, 15) is 9.59 Å². The fourth-order valence-corrected chi connectivity index (χ4v) is 5.45. The molecule has 8 nitrogen and oxygen atoms in total. The SMILES string of the molecule is CCn1nc(C(=O)N2CCN(c3ccccc3)CC2)c2c1CCN(C(=O)c1ccc3ncccc3c1)C2. The van der Waals surface area contributed by atoms with Gasteiger partial charge in [0.15, 0.2) is 5.69 Å². The smallest absolute Gasteiger partial charge is 0.274 e. The number of pyridine rings is 1. The second kappa shape index (κ2) is 9.69. The molecule has 0 atom stereocenters. The van der Waals surface area contributed by atoms with Gasteiger partial charge in [-0.25, -0.2) is 0 Å². The summed E-state index contributed by atoms with van der Waals surface area (Å²) in [6, 6.07) is 19.8. The first-order valence-electron chi connectivity index (χ1n) is 12.9. The fraction of sp³-hybridized carbons (Fsp3) is 0.310. The quantitative estimate of drug-likeness (QED) is 0.433. The summed E-state index contributed by atoms with van der Waals surface area (Å²) in [7, 11) is 0. The van der Waals surface area contributed by atoms with Gasteiger partial charge in [0, 0.05) is 79.8 Å². The van der Waals surface area contributed by atoms with E-state index in [1.807, 2.05) is 69.9 Å². The number of piperazine rings is 1. The highest BCUT2D eigenvalue weighted by atomic mass is 16.2. The van der Waals surface area contributed by atoms with Gasteiger partial charge in [-0.15, -0.1) is 0 Å². The number of anilines is 1. The number of fused-ring (bicyclic) bond motifs is 2. The zero-order valence-corrected chi connectivity index (χ0v) is 21.0. The lowest BCUT2D eigenvalue weighted by atomic mass is 10.0. The van der Waals surface area contributed by atoms with Crippen LogP contribution in [-0.4, -0.2) is 69.1 Å². The Morgan fingerprint density at radius 1 is 0.865 bits per heavy atom. The third-order valence-corrected chi connectivity index (χ3v) is 7.46. The second-order valence-corrected chi connectivity index (χ2v) is 9.59. The van der Waals surface area contributed by atoms with Gasteiger partial charge >= 0.3 is 0 Å². The van der Waals surface area contributed by atoms with Crippen LogP contribution in [0.1, 0.15) is 39.0 Å². The predicted molar refractivity (Wildman–Crippen MR) is 143 cm³/mol. The topological polar surface area (TPSA) is 74.6 Å². The van der Waals surface area contributed by atoms with Crippen LogP contribution < -0.4 is 4.90 Å². The largest absolute Gasteiger partial charge is 0.368 e. The monoisotopic (exact) mass is 494 g/mol. The first kappa shape index (κ1) is 23.2. The highest BCUT2D eigenvalue weighted by molar-refractivity contribution is 5.98. The van der Waals surface area contributed by atoms with E-state index in [0.717, 1.165) is 35.2 Å². The average Bonchev–Trinajstić information content (AvgIpc) is 3.34. The number of hydrogen-bond acceptors (Lipinski definition) is 5. The van der Waals surface area contributed by atoms with E-state index >= 15 is 0 Å². The average molecular weight is 495 g/mol. The van der Waals surface area contributed by atoms with Gasteiger partial charge in [0.25, 0.3) is 11.8 Å². The molecule has 0 N–H and O–H groups in total. The van der Waals surface area contributed by atoms with Crippen molar-refractivity contribution in [3.05, 3.63) is 89.4 Å². The molecule has 0 unspecified atom stereocenters. The van der Waals surface area contributed by atoms with E-state index in [4.69, 9.17) is 5.10 Å². The molecule has 4 aromatic rings. The summed E-state index contributed by atoms with van der Waals surface area (Å²) in [5, 5.41) is 5.68. The lowest BCUT2D eigenvalue weighted by Crippen LogP contribution is -2.49. The van der Waals surface area contributed by atoms with Crippen molar-refractivity contribution in [1.29, 1.82) is 0 Å². The van der Waals surface area contributed by atoms with Gasteiger partial charge in [0.05, 0.1) is 12.1 Å². The Bertz CT molecular complexity index is 1460. The van der Waals surface area contributed by atoms with Crippen molar-refractivity contribution in [1.82, 2.24) is 24.6 Å². The zero-order valence-electron chi connectivity index (χ0n) is 21.0. The van der Waals surface area contributed by atoms with Crippen LogP contribution in [0, 0.1) is 0 Å². The maximum atomic E-state index is 13.7. The number of aryl methyl sites for hydroxylation is 1. The zero-order chi connectivity index (χ0) is 25.4. The molecule has 2 amide bonds. The lowest BCUT2D eigenvalue weighted by Gasteiger charge is -2.36. The third-order valence-electron chi connectivity index (χ3n) is 7.46. The third kappa shape index (κ3) is 4.33. The first-order valence-corrected chi connectivity index (χ1v) is 12.9. The number of aromatic nitrogens is 3. The van der Waals surface area contributed by atoms with Crippen molar-refractivity contribution >= 4 is 28.4 Å². The maximum absolute atomic E-state index is 13.7. The van der Waals surface area contributed by atoms with Gasteiger partial charge in [0.1, 0.15) is 0 Å². The minimum atomic E-state index is -0.0396. The highest BCUT2D eigenvalue weighted by Gasteiger charge is 2.33. The van der Waals surface area contributed by atoms with E-state index in [-0.39, 0.29) is 11.8 Å². The van der Waals surface area contributed by atoms with Crippen molar-refractivity contribution in [2.75, 3.05) is 37.6 Å². The number of para-hydroxylation sites is 1. The van der Waals surface area contributed by atoms with E-state index in [2.05, 4.69) is 22.0 Å². The standard InChI is InChI=1S/C29H30N6O2/c1-2-35-26-12-14-34(28(36)22-10-11-25-21(19-22)7-6-13-30-25)20-24(26)27(31-35)29(37)33-17-15-32(16-18-33)23-8-4-3-5-9-23/h3-11,13,19H,2,12,14-18,20H2,1H3. The summed E-state index contributed by atoms with van der Waals surface area (Å²) in [6.45, 7) is 6.60. The van der Waals surface area contributed by atoms with Gasteiger partial charge in [-0.05, 0) is 43.3 Å². The van der Waals surface area contributed by atoms with Gasteiger partial charge in [0.2, 0.25) is 0 Å². The van der Waals surface area contributed by atoms with Crippen LogP contribution in [-0.2, 0) is 19.5 Å². The lowest BCUT2D eigenvalue weighted by molar-refractivity contribution is 0.0709. The summed E-state index contributed by atoms with van der Waals surface area (Å²) < 4.78 is 1.94. The molecular weight excluding hydrogens is 464 g/mol. The number of nitrogens with zero attached hydrogens (tertiary/aromatic N) is 6. The first-order chi connectivity index (χ1) is 18.1. The predicted octanol–water partition coefficient (Wildman–Crippen LogP) is 3.61. The van der Waals surface area contributed by atoms with E-state index in [1.165, 1.54) is 5.69 Å². The van der Waals surface area contributed by atoms with E-state index < -0.39 is 0 Å². The fourth-order valence-electron chi connectivity index (χ4n) is 5.45. The highest BCUT2D eigenvalue weighted by Crippen LogP contribution is 2.26. The van der Waals surface area contributed by atoms with Crippen molar-refractivity contribution < 1.29 is 9.59 Å². The minimum Gasteiger partial charge on any atom is -0.368 e. The molecule has 8 heteroatoms. The Hall–Kier alpha value is -4.20. The molecule has 1 saturated heterocycles. The minimum absolute atomic E-state index is 0.0319. The number of benzene rings is 2. The molecule has 0 radical (unpaired) electrons. The Balaban J connectivity index is 1.21. The van der Waals surface area contributed by atoms with Gasteiger partial charge < -0.3 is 14.7 Å². The number of hydrogen-bond donors (Lipinski definition) is 0. The molecule has 4 heterocycles. The molecule has 2 aliphatic rings. The van der Waals surface area contributed by atoms with Gasteiger partial charge in [-0.1, -0.05) is 24.3 Å². The van der Waals surface area contributed by atoms with Crippen LogP contribution in [0.15, 0.2) is 66.9 Å². The Morgan fingerprint density at radius 3 is 2.46 bits per heavy atom. The van der Waals surface area contributed by atoms with Crippen LogP contribution >= 0.6 is 0 Å². The van der Waals surface area contributed by atoms with Crippen LogP contribution in [0.4, 0.5) is 5.69 Å². The number of carbonyl (C=O) groups is 2. The molecule has 6 rings (SSSR count). The van der Waals surface area contributed by atoms with E-state index in [0.29, 0.717) is 50.4 Å². The van der Waals surface area contributed by atoms with Crippen molar-refractivity contribution in [3.63, 3.8) is 0 Å². The van der Waals surface area contributed by atoms with Crippen molar-refractivity contribution in [2.45, 2.75) is 26.4 Å². The summed E-state index contributed by atoms with van der Waals surface area (Å²) in [4.78, 5) is 37.5. The molecule has 0 saturated carbocycles. The Labute approximate surface area is 216 Å². The number of carbonyl (C=O) groups excluding carboxylic acids is 2. The molecule has 0 bridgehead atoms. The maximum Gasteiger partial charge on any atom is 0.274 e. The second-order valence-electron chi connectivity index (χ2n) is 9.59. The molecule has 0 spiro atoms. The summed E-state index contributed by atoms with van der Waals surface area (Å²) in [5.74, 6) is -0.0715. The van der Waals surface area contributed by atoms with Gasteiger partial charge in [-0.3, -0.25) is 19.3 Å². The molecule has 1 fully saturated rings.